The molecule has 4 saturated carbocycles. The number of aliphatic hydroxyl groups is 2. The molecular formula is C21H32O4. The average molecular weight is 348 g/mol. The Morgan fingerprint density at radius 2 is 1.84 bits per heavy atom. The second kappa shape index (κ2) is 5.39. The molecule has 4 nitrogen and oxygen atoms in total. The predicted molar refractivity (Wildman–Crippen MR) is 93.8 cm³/mol. The van der Waals surface area contributed by atoms with E-state index in [1.807, 2.05) is 6.92 Å². The summed E-state index contributed by atoms with van der Waals surface area (Å²) in [5.41, 5.74) is -1.95. The van der Waals surface area contributed by atoms with Crippen molar-refractivity contribution in [3.8, 4) is 0 Å². The molecule has 0 spiro atoms. The lowest BCUT2D eigenvalue weighted by atomic mass is 9.44. The van der Waals surface area contributed by atoms with E-state index in [9.17, 15) is 19.8 Å². The molecule has 2 N–H and O–H groups in total. The van der Waals surface area contributed by atoms with Crippen molar-refractivity contribution < 1.29 is 19.8 Å². The van der Waals surface area contributed by atoms with Gasteiger partial charge in [0.2, 0.25) is 0 Å². The van der Waals surface area contributed by atoms with Crippen LogP contribution in [-0.2, 0) is 9.59 Å². The van der Waals surface area contributed by atoms with Crippen LogP contribution in [-0.4, -0.2) is 33.5 Å². The van der Waals surface area contributed by atoms with Crippen LogP contribution < -0.4 is 0 Å². The predicted octanol–water partition coefficient (Wildman–Crippen LogP) is 2.89. The topological polar surface area (TPSA) is 74.6 Å². The van der Waals surface area contributed by atoms with Crippen LogP contribution in [0.2, 0.25) is 0 Å². The summed E-state index contributed by atoms with van der Waals surface area (Å²) in [6.45, 7) is 5.73. The number of aliphatic hydroxyl groups excluding tert-OH is 1. The molecule has 4 aliphatic carbocycles. The SMILES string of the molecule is CC(=O)[C@@]1(O)CC[C@@H]2[C@@H]3CC[C@H]4C[C@H](O)CC[C@]4(C)[C@@H]3C(=O)C[C@]21C. The summed E-state index contributed by atoms with van der Waals surface area (Å²) in [5, 5.41) is 21.2. The number of Topliss-reactive ketones (excluding diaryl/α,β-unsaturated/α-hetero) is 2. The van der Waals surface area contributed by atoms with Gasteiger partial charge in [-0.3, -0.25) is 9.59 Å². The molecule has 0 aromatic heterocycles. The Morgan fingerprint density at radius 1 is 1.12 bits per heavy atom. The van der Waals surface area contributed by atoms with Gasteiger partial charge in [-0.25, -0.2) is 0 Å². The van der Waals surface area contributed by atoms with Gasteiger partial charge in [0, 0.05) is 17.8 Å². The number of hydrogen-bond acceptors (Lipinski definition) is 4. The maximum atomic E-state index is 13.3. The van der Waals surface area contributed by atoms with Gasteiger partial charge in [0.25, 0.3) is 0 Å². The molecule has 8 atom stereocenters. The summed E-state index contributed by atoms with van der Waals surface area (Å²) in [5.74, 6) is 1.10. The third-order valence-corrected chi connectivity index (χ3v) is 9.06. The number of rotatable bonds is 1. The molecule has 0 heterocycles. The Kier molecular flexibility index (Phi) is 3.81. The second-order valence-corrected chi connectivity index (χ2v) is 9.97. The smallest absolute Gasteiger partial charge is 0.161 e. The van der Waals surface area contributed by atoms with Crippen molar-refractivity contribution in [2.75, 3.05) is 0 Å². The molecular weight excluding hydrogens is 316 g/mol. The summed E-state index contributed by atoms with van der Waals surface area (Å²) >= 11 is 0. The monoisotopic (exact) mass is 348 g/mol. The van der Waals surface area contributed by atoms with Gasteiger partial charge in [-0.2, -0.15) is 0 Å². The molecule has 0 aliphatic heterocycles. The fourth-order valence-electron chi connectivity index (χ4n) is 7.63. The van der Waals surface area contributed by atoms with E-state index >= 15 is 0 Å². The zero-order valence-corrected chi connectivity index (χ0v) is 15.8. The molecule has 0 amide bonds. The summed E-state index contributed by atoms with van der Waals surface area (Å²) in [6, 6.07) is 0. The highest BCUT2D eigenvalue weighted by atomic mass is 16.3. The maximum Gasteiger partial charge on any atom is 0.161 e. The van der Waals surface area contributed by atoms with Crippen molar-refractivity contribution in [1.82, 2.24) is 0 Å². The normalized spacial score (nSPS) is 55.2. The maximum absolute atomic E-state index is 13.3. The van der Waals surface area contributed by atoms with Gasteiger partial charge in [-0.1, -0.05) is 13.8 Å². The number of ketones is 2. The summed E-state index contributed by atoms with van der Waals surface area (Å²) in [6.07, 6.45) is 6.07. The Hall–Kier alpha value is -0.740. The van der Waals surface area contributed by atoms with Crippen LogP contribution in [0.4, 0.5) is 0 Å². The first-order valence-corrected chi connectivity index (χ1v) is 10.1. The molecule has 0 bridgehead atoms. The van der Waals surface area contributed by atoms with Gasteiger partial charge in [-0.05, 0) is 75.0 Å². The molecule has 4 heteroatoms. The molecule has 4 fully saturated rings. The lowest BCUT2D eigenvalue weighted by Gasteiger charge is -2.60. The molecule has 0 unspecified atom stereocenters. The highest BCUT2D eigenvalue weighted by Gasteiger charge is 2.68. The van der Waals surface area contributed by atoms with Gasteiger partial charge in [0.15, 0.2) is 5.78 Å². The zero-order chi connectivity index (χ0) is 18.2. The quantitative estimate of drug-likeness (QED) is 0.764. The molecule has 140 valence electrons. The lowest BCUT2D eigenvalue weighted by Crippen LogP contribution is -2.61. The van der Waals surface area contributed by atoms with Crippen molar-refractivity contribution in [2.24, 2.45) is 34.5 Å². The molecule has 0 radical (unpaired) electrons. The zero-order valence-electron chi connectivity index (χ0n) is 15.8. The number of hydrogen-bond donors (Lipinski definition) is 2. The Morgan fingerprint density at radius 3 is 2.52 bits per heavy atom. The largest absolute Gasteiger partial charge is 0.393 e. The van der Waals surface area contributed by atoms with Crippen LogP contribution in [0.1, 0.15) is 72.1 Å². The van der Waals surface area contributed by atoms with Crippen LogP contribution >= 0.6 is 0 Å². The molecule has 4 rings (SSSR count). The van der Waals surface area contributed by atoms with E-state index in [4.69, 9.17) is 0 Å². The van der Waals surface area contributed by atoms with Crippen LogP contribution in [0.3, 0.4) is 0 Å². The van der Waals surface area contributed by atoms with Gasteiger partial charge in [0.05, 0.1) is 6.10 Å². The molecule has 0 saturated heterocycles. The Labute approximate surface area is 150 Å². The number of fused-ring (bicyclic) bond motifs is 5. The molecule has 25 heavy (non-hydrogen) atoms. The van der Waals surface area contributed by atoms with Gasteiger partial charge >= 0.3 is 0 Å². The van der Waals surface area contributed by atoms with Crippen LogP contribution in [0.5, 0.6) is 0 Å². The minimum Gasteiger partial charge on any atom is -0.393 e. The highest BCUT2D eigenvalue weighted by Crippen LogP contribution is 2.67. The van der Waals surface area contributed by atoms with Crippen LogP contribution in [0.25, 0.3) is 0 Å². The first kappa shape index (κ1) is 17.7. The third kappa shape index (κ3) is 2.13. The molecule has 0 aromatic rings. The van der Waals surface area contributed by atoms with Gasteiger partial charge in [0.1, 0.15) is 11.4 Å². The molecule has 4 aliphatic rings. The minimum absolute atomic E-state index is 0.0164. The average Bonchev–Trinajstić information content (AvgIpc) is 2.80. The van der Waals surface area contributed by atoms with Gasteiger partial charge in [-0.15, -0.1) is 0 Å². The van der Waals surface area contributed by atoms with Gasteiger partial charge < -0.3 is 10.2 Å². The second-order valence-electron chi connectivity index (χ2n) is 9.97. The third-order valence-electron chi connectivity index (χ3n) is 9.06. The lowest BCUT2D eigenvalue weighted by molar-refractivity contribution is -0.178. The first-order valence-electron chi connectivity index (χ1n) is 10.1. The first-order chi connectivity index (χ1) is 11.6. The summed E-state index contributed by atoms with van der Waals surface area (Å²) < 4.78 is 0. The van der Waals surface area contributed by atoms with Crippen LogP contribution in [0.15, 0.2) is 0 Å². The van der Waals surface area contributed by atoms with Crippen molar-refractivity contribution in [3.63, 3.8) is 0 Å². The van der Waals surface area contributed by atoms with Crippen LogP contribution in [0, 0.1) is 34.5 Å². The van der Waals surface area contributed by atoms with E-state index in [1.54, 1.807) is 0 Å². The standard InChI is InChI=1S/C21H32O4/c1-12(22)21(25)9-7-16-15-5-4-13-10-14(23)6-8-19(13,2)18(15)17(24)11-20(16,21)3/h13-16,18,23,25H,4-11H2,1-3H3/t13-,14+,15-,16+,18-,19-,20+,21-/m0/s1. The van der Waals surface area contributed by atoms with Crippen molar-refractivity contribution in [1.29, 1.82) is 0 Å². The Balaban J connectivity index is 1.71. The van der Waals surface area contributed by atoms with E-state index in [0.29, 0.717) is 18.8 Å². The summed E-state index contributed by atoms with van der Waals surface area (Å²) in [4.78, 5) is 25.6. The molecule has 0 aromatic carbocycles. The minimum atomic E-state index is -1.33. The van der Waals surface area contributed by atoms with E-state index in [0.717, 1.165) is 38.5 Å². The fraction of sp³-hybridized carbons (Fsp3) is 0.905. The van der Waals surface area contributed by atoms with E-state index in [-0.39, 0.29) is 40.8 Å². The van der Waals surface area contributed by atoms with E-state index < -0.39 is 11.0 Å². The number of carbonyl (C=O) groups is 2. The van der Waals surface area contributed by atoms with E-state index in [1.165, 1.54) is 6.92 Å². The van der Waals surface area contributed by atoms with Crippen molar-refractivity contribution in [2.45, 2.75) is 83.8 Å². The summed E-state index contributed by atoms with van der Waals surface area (Å²) in [7, 11) is 0. The number of carbonyl (C=O) groups excluding carboxylic acids is 2. The fourth-order valence-corrected chi connectivity index (χ4v) is 7.63. The highest BCUT2D eigenvalue weighted by molar-refractivity contribution is 5.90. The van der Waals surface area contributed by atoms with E-state index in [2.05, 4.69) is 6.92 Å². The Bertz CT molecular complexity index is 615. The van der Waals surface area contributed by atoms with Crippen molar-refractivity contribution in [3.05, 3.63) is 0 Å². The van der Waals surface area contributed by atoms with Crippen molar-refractivity contribution >= 4 is 11.6 Å².